The second-order valence-corrected chi connectivity index (χ2v) is 18.1. The number of carbonyl (C=O) groups excluding carboxylic acids is 2. The zero-order valence-corrected chi connectivity index (χ0v) is 38.8. The summed E-state index contributed by atoms with van der Waals surface area (Å²) in [4.78, 5) is 63.2. The van der Waals surface area contributed by atoms with Crippen LogP contribution in [-0.4, -0.2) is 113 Å². The molecule has 66 heavy (non-hydrogen) atoms. The van der Waals surface area contributed by atoms with E-state index < -0.39 is 83.0 Å². The molecule has 3 aliphatic rings. The van der Waals surface area contributed by atoms with Gasteiger partial charge in [0.15, 0.2) is 28.4 Å². The van der Waals surface area contributed by atoms with Crippen LogP contribution in [0.1, 0.15) is 65.6 Å². The molecule has 0 spiro atoms. The first-order valence-electron chi connectivity index (χ1n) is 22.1. The SMILES string of the molecule is CO[C@H]1C=CO[C@@]2(C)Oc3c(C)c(=O)c4c(O)c(c5oc6cc(N7CCN(C)CC7)cc(O)c6nc5c4c3C2N=O)NC(=O)C(C)=CC=C[C@H](C)[C@H](O)[C@@H](C)[C@@H](O)[C@@H](C)[C@H](OC(C)=O)[C@@H]1C. The highest BCUT2D eigenvalue weighted by molar-refractivity contribution is 6.20. The third kappa shape index (κ3) is 8.58. The summed E-state index contributed by atoms with van der Waals surface area (Å²) >= 11 is 0. The molecule has 7 rings (SSSR count). The van der Waals surface area contributed by atoms with Crippen LogP contribution in [0, 0.1) is 35.5 Å². The molecule has 4 aromatic rings. The predicted molar refractivity (Wildman–Crippen MR) is 247 cm³/mol. The zero-order chi connectivity index (χ0) is 48.1. The molecule has 10 atom stereocenters. The molecule has 354 valence electrons. The number of methoxy groups -OCH3 is 1. The number of nitroso groups, excluding NO2 is 1. The second kappa shape index (κ2) is 18.7. The lowest BCUT2D eigenvalue weighted by Crippen LogP contribution is -2.46. The standard InChI is InChI=1S/C48H59N5O13/c1-22-12-11-13-23(2)47(60)50-38-42(59)34-33(37-45(38)65-32-21-29(20-30(55)36(32)49-37)53-17-15-52(9)16-18-53)35-44(27(6)41(34)58)66-48(8,46(35)51-61)63-19-14-31(62-10)24(3)43(64-28(7)54)26(5)40(57)25(4)39(22)56/h11-14,19-22,24-26,31,39-40,43,46,55-57,59H,15-18H2,1-10H3,(H,50,60)/t22-,24+,25+,26+,31-,39-,40+,43+,46?,48-/m0/s1. The number of hydrogen-bond acceptors (Lipinski definition) is 17. The Hall–Kier alpha value is -6.08. The molecule has 0 saturated carbocycles. The van der Waals surface area contributed by atoms with E-state index in [0.29, 0.717) is 18.8 Å². The fourth-order valence-electron chi connectivity index (χ4n) is 9.42. The van der Waals surface area contributed by atoms with Crippen molar-refractivity contribution in [1.82, 2.24) is 9.88 Å². The van der Waals surface area contributed by atoms with Crippen molar-refractivity contribution in [2.45, 2.75) is 91.6 Å². The van der Waals surface area contributed by atoms with E-state index in [9.17, 15) is 39.7 Å². The third-order valence-electron chi connectivity index (χ3n) is 13.6. The summed E-state index contributed by atoms with van der Waals surface area (Å²) in [6, 6.07) is 1.74. The molecule has 4 bridgehead atoms. The van der Waals surface area contributed by atoms with Crippen LogP contribution in [0.3, 0.4) is 0 Å². The lowest BCUT2D eigenvalue weighted by Gasteiger charge is -2.38. The summed E-state index contributed by atoms with van der Waals surface area (Å²) in [7, 11) is 3.46. The van der Waals surface area contributed by atoms with Gasteiger partial charge in [-0.1, -0.05) is 51.1 Å². The van der Waals surface area contributed by atoms with Crippen molar-refractivity contribution < 1.29 is 53.4 Å². The number of aliphatic hydroxyl groups excluding tert-OH is 2. The van der Waals surface area contributed by atoms with Crippen LogP contribution in [-0.2, 0) is 23.8 Å². The van der Waals surface area contributed by atoms with Crippen molar-refractivity contribution in [2.24, 2.45) is 28.8 Å². The van der Waals surface area contributed by atoms with E-state index in [0.717, 1.165) is 13.1 Å². The summed E-state index contributed by atoms with van der Waals surface area (Å²) in [5.74, 6) is -6.75. The van der Waals surface area contributed by atoms with Crippen LogP contribution < -0.4 is 20.4 Å². The quantitative estimate of drug-likeness (QED) is 0.0512. The molecule has 4 heterocycles. The van der Waals surface area contributed by atoms with Crippen molar-refractivity contribution in [2.75, 3.05) is 50.6 Å². The van der Waals surface area contributed by atoms with Gasteiger partial charge < -0.3 is 58.9 Å². The Morgan fingerprint density at radius 2 is 1.67 bits per heavy atom. The molecule has 3 aliphatic heterocycles. The number of aliphatic hydroxyl groups is 2. The Morgan fingerprint density at radius 3 is 2.32 bits per heavy atom. The molecule has 1 unspecified atom stereocenters. The largest absolute Gasteiger partial charge is 0.505 e. The maximum Gasteiger partial charge on any atom is 0.302 e. The number of hydrogen-bond donors (Lipinski definition) is 5. The van der Waals surface area contributed by atoms with Gasteiger partial charge in [-0.2, -0.15) is 0 Å². The Labute approximate surface area is 381 Å². The molecule has 5 N–H and O–H groups in total. The van der Waals surface area contributed by atoms with Gasteiger partial charge in [0.05, 0.1) is 30.0 Å². The number of esters is 1. The second-order valence-electron chi connectivity index (χ2n) is 18.1. The topological polar surface area (TPSA) is 243 Å². The number of rotatable bonds is 4. The van der Waals surface area contributed by atoms with Crippen LogP contribution in [0.25, 0.3) is 33.0 Å². The van der Waals surface area contributed by atoms with Gasteiger partial charge in [0.2, 0.25) is 0 Å². The van der Waals surface area contributed by atoms with Crippen LogP contribution in [0.2, 0.25) is 0 Å². The van der Waals surface area contributed by atoms with Gasteiger partial charge >= 0.3 is 5.97 Å². The summed E-state index contributed by atoms with van der Waals surface area (Å²) in [6.07, 6.45) is 3.55. The van der Waals surface area contributed by atoms with E-state index in [2.05, 4.69) is 20.3 Å². The molecule has 0 aliphatic carbocycles. The first-order valence-corrected chi connectivity index (χ1v) is 22.1. The van der Waals surface area contributed by atoms with Gasteiger partial charge in [0.25, 0.3) is 11.7 Å². The average Bonchev–Trinajstić information content (AvgIpc) is 3.59. The number of aromatic hydroxyl groups is 2. The van der Waals surface area contributed by atoms with Crippen molar-refractivity contribution in [3.8, 4) is 17.2 Å². The number of anilines is 2. The molecular formula is C48H59N5O13. The number of allylic oxidation sites excluding steroid dienone is 2. The van der Waals surface area contributed by atoms with Crippen molar-refractivity contribution >= 4 is 56.2 Å². The van der Waals surface area contributed by atoms with Crippen LogP contribution >= 0.6 is 0 Å². The van der Waals surface area contributed by atoms with Crippen molar-refractivity contribution in [3.63, 3.8) is 0 Å². The van der Waals surface area contributed by atoms with Gasteiger partial charge in [0.1, 0.15) is 34.3 Å². The number of phenols is 2. The van der Waals surface area contributed by atoms with Gasteiger partial charge in [-0.15, -0.1) is 4.91 Å². The lowest BCUT2D eigenvalue weighted by atomic mass is 9.78. The number of fused-ring (bicyclic) bond motifs is 2. The monoisotopic (exact) mass is 913 g/mol. The van der Waals surface area contributed by atoms with E-state index in [1.54, 1.807) is 52.0 Å². The predicted octanol–water partition coefficient (Wildman–Crippen LogP) is 6.08. The molecule has 18 heteroatoms. The number of ether oxygens (including phenoxy) is 4. The highest BCUT2D eigenvalue weighted by atomic mass is 16.7. The smallest absolute Gasteiger partial charge is 0.302 e. The Kier molecular flexibility index (Phi) is 13.5. The minimum atomic E-state index is -1.92. The highest BCUT2D eigenvalue weighted by Gasteiger charge is 2.52. The number of nitrogens with one attached hydrogen (secondary N) is 1. The number of phenolic OH excluding ortho intramolecular Hbond substituents is 2. The molecule has 1 aromatic heterocycles. The Morgan fingerprint density at radius 1 is 0.970 bits per heavy atom. The summed E-state index contributed by atoms with van der Waals surface area (Å²) in [5, 5.41) is 52.6. The van der Waals surface area contributed by atoms with Crippen LogP contribution in [0.5, 0.6) is 17.2 Å². The van der Waals surface area contributed by atoms with E-state index in [-0.39, 0.29) is 66.9 Å². The number of aromatic nitrogens is 1. The number of carbonyl (C=O) groups is 2. The molecule has 1 saturated heterocycles. The molecule has 1 amide bonds. The maximum absolute atomic E-state index is 14.5. The molecule has 0 radical (unpaired) electrons. The van der Waals surface area contributed by atoms with Gasteiger partial charge in [-0.25, -0.2) is 4.98 Å². The van der Waals surface area contributed by atoms with E-state index >= 15 is 0 Å². The maximum atomic E-state index is 14.5. The van der Waals surface area contributed by atoms with Gasteiger partial charge in [-0.05, 0) is 27.0 Å². The molecular weight excluding hydrogens is 855 g/mol. The first-order chi connectivity index (χ1) is 31.2. The average molecular weight is 914 g/mol. The van der Waals surface area contributed by atoms with E-state index in [1.807, 2.05) is 7.05 Å². The van der Waals surface area contributed by atoms with Crippen LogP contribution in [0.15, 0.2) is 62.7 Å². The van der Waals surface area contributed by atoms with Crippen molar-refractivity contribution in [1.29, 1.82) is 0 Å². The zero-order valence-electron chi connectivity index (χ0n) is 38.8. The van der Waals surface area contributed by atoms with Crippen molar-refractivity contribution in [3.05, 3.63) is 74.5 Å². The summed E-state index contributed by atoms with van der Waals surface area (Å²) in [5.41, 5.74) is -0.386. The minimum absolute atomic E-state index is 0.00323. The number of likely N-dealkylation sites (N-methyl/N-ethyl adjacent to an activating group) is 1. The summed E-state index contributed by atoms with van der Waals surface area (Å²) in [6.45, 7) is 15.5. The molecule has 18 nitrogen and oxygen atoms in total. The number of benzene rings is 3. The Balaban J connectivity index is 1.47. The van der Waals surface area contributed by atoms with E-state index in [1.165, 1.54) is 53.2 Å². The van der Waals surface area contributed by atoms with E-state index in [4.69, 9.17) is 28.3 Å². The molecule has 3 aromatic carbocycles. The fraction of sp³-hybridized carbons (Fsp3) is 0.500. The number of nitrogens with zero attached hydrogens (tertiary/aromatic N) is 4. The Bertz CT molecular complexity index is 2720. The van der Waals surface area contributed by atoms with Gasteiger partial charge in [-0.3, -0.25) is 14.4 Å². The van der Waals surface area contributed by atoms with Gasteiger partial charge in [0, 0.05) is 111 Å². The number of piperazine rings is 1. The van der Waals surface area contributed by atoms with Crippen LogP contribution in [0.4, 0.5) is 11.4 Å². The lowest BCUT2D eigenvalue weighted by molar-refractivity contribution is -0.160. The minimum Gasteiger partial charge on any atom is -0.505 e. The number of amides is 1. The highest BCUT2D eigenvalue weighted by Crippen LogP contribution is 2.54. The first kappa shape index (κ1) is 47.9. The third-order valence-corrected chi connectivity index (χ3v) is 13.6. The fourth-order valence-corrected chi connectivity index (χ4v) is 9.42. The molecule has 1 fully saturated rings. The normalized spacial score (nSPS) is 29.2. The summed E-state index contributed by atoms with van der Waals surface area (Å²) < 4.78 is 30.7.